The first-order valence-corrected chi connectivity index (χ1v) is 22.0. The monoisotopic (exact) mass is 807 g/mol. The van der Waals surface area contributed by atoms with Gasteiger partial charge in [0.05, 0.1) is 28.4 Å². The minimum absolute atomic E-state index is 0.553. The van der Waals surface area contributed by atoms with Crippen LogP contribution in [0.15, 0.2) is 216 Å². The van der Waals surface area contributed by atoms with E-state index < -0.39 is 5.41 Å². The second-order valence-electron chi connectivity index (χ2n) is 16.3. The fourth-order valence-corrected chi connectivity index (χ4v) is 11.4. The van der Waals surface area contributed by atoms with Gasteiger partial charge in [-0.05, 0) is 126 Å². The predicted molar refractivity (Wildman–Crippen MR) is 254 cm³/mol. The zero-order valence-corrected chi connectivity index (χ0v) is 34.5. The van der Waals surface area contributed by atoms with Crippen LogP contribution >= 0.6 is 11.8 Å². The van der Waals surface area contributed by atoms with Crippen molar-refractivity contribution < 1.29 is 0 Å². The highest BCUT2D eigenvalue weighted by Gasteiger charge is 2.51. The molecule has 0 amide bonds. The van der Waals surface area contributed by atoms with Gasteiger partial charge in [-0.1, -0.05) is 176 Å². The van der Waals surface area contributed by atoms with Gasteiger partial charge in [0.15, 0.2) is 5.82 Å². The van der Waals surface area contributed by atoms with Crippen molar-refractivity contribution in [2.75, 3.05) is 0 Å². The minimum atomic E-state index is -0.553. The fourth-order valence-electron chi connectivity index (χ4n) is 10.1. The molecule has 1 unspecified atom stereocenters. The molecule has 290 valence electrons. The summed E-state index contributed by atoms with van der Waals surface area (Å²) in [4.78, 5) is 13.4. The highest BCUT2D eigenvalue weighted by molar-refractivity contribution is 8.03. The summed E-state index contributed by atoms with van der Waals surface area (Å²) in [6, 6.07) is 71.7. The Labute approximate surface area is 365 Å². The summed E-state index contributed by atoms with van der Waals surface area (Å²) in [5.41, 5.74) is 17.7. The molecule has 12 rings (SSSR count). The van der Waals surface area contributed by atoms with E-state index in [1.54, 1.807) is 0 Å². The number of allylic oxidation sites excluding steroid dienone is 4. The molecule has 3 nitrogen and oxygen atoms in total. The molecular formula is C58H37N3S. The Morgan fingerprint density at radius 2 is 1.03 bits per heavy atom. The smallest absolute Gasteiger partial charge is 0.156 e. The van der Waals surface area contributed by atoms with Crippen LogP contribution in [0.3, 0.4) is 0 Å². The van der Waals surface area contributed by atoms with Crippen LogP contribution in [0, 0.1) is 11.3 Å². The summed E-state index contributed by atoms with van der Waals surface area (Å²) < 4.78 is 0. The molecule has 1 aliphatic heterocycles. The largest absolute Gasteiger partial charge is 0.228 e. The van der Waals surface area contributed by atoms with Crippen molar-refractivity contribution in [1.82, 2.24) is 9.97 Å². The van der Waals surface area contributed by atoms with E-state index in [2.05, 4.69) is 194 Å². The zero-order chi connectivity index (χ0) is 41.2. The summed E-state index contributed by atoms with van der Waals surface area (Å²) in [7, 11) is 0. The van der Waals surface area contributed by atoms with Gasteiger partial charge in [-0.15, -0.1) is 0 Å². The molecule has 0 saturated carbocycles. The van der Waals surface area contributed by atoms with E-state index in [0.29, 0.717) is 5.56 Å². The Hall–Kier alpha value is -7.58. The summed E-state index contributed by atoms with van der Waals surface area (Å²) in [5.74, 6) is 0.782. The summed E-state index contributed by atoms with van der Waals surface area (Å²) >= 11 is 1.93. The third-order valence-corrected chi connectivity index (χ3v) is 14.2. The quantitative estimate of drug-likeness (QED) is 0.174. The van der Waals surface area contributed by atoms with Crippen molar-refractivity contribution in [3.63, 3.8) is 0 Å². The van der Waals surface area contributed by atoms with Crippen LogP contribution < -0.4 is 0 Å². The Morgan fingerprint density at radius 3 is 1.73 bits per heavy atom. The van der Waals surface area contributed by atoms with E-state index in [-0.39, 0.29) is 0 Å². The van der Waals surface area contributed by atoms with Crippen molar-refractivity contribution in [3.8, 4) is 62.0 Å². The number of aromatic nitrogens is 2. The van der Waals surface area contributed by atoms with E-state index in [0.717, 1.165) is 57.9 Å². The number of benzene rings is 8. The van der Waals surface area contributed by atoms with E-state index in [1.165, 1.54) is 65.1 Å². The van der Waals surface area contributed by atoms with Gasteiger partial charge in [0.1, 0.15) is 0 Å². The number of fused-ring (bicyclic) bond motifs is 9. The van der Waals surface area contributed by atoms with Crippen molar-refractivity contribution in [2.45, 2.75) is 23.2 Å². The second kappa shape index (κ2) is 14.6. The van der Waals surface area contributed by atoms with E-state index >= 15 is 0 Å². The van der Waals surface area contributed by atoms with Crippen molar-refractivity contribution in [2.24, 2.45) is 0 Å². The molecule has 2 aliphatic carbocycles. The second-order valence-corrected chi connectivity index (χ2v) is 17.4. The first kappa shape index (κ1) is 36.3. The number of hydrogen-bond donors (Lipinski definition) is 0. The number of hydrogen-bond acceptors (Lipinski definition) is 4. The maximum Gasteiger partial charge on any atom is 0.156 e. The van der Waals surface area contributed by atoms with E-state index in [1.807, 2.05) is 23.9 Å². The molecule has 4 heteroatoms. The Kier molecular flexibility index (Phi) is 8.52. The van der Waals surface area contributed by atoms with Crippen LogP contribution in [0.1, 0.15) is 40.9 Å². The summed E-state index contributed by atoms with van der Waals surface area (Å²) in [6.07, 6.45) is 4.21. The molecule has 0 bridgehead atoms. The molecule has 0 radical (unpaired) electrons. The van der Waals surface area contributed by atoms with Crippen LogP contribution in [0.25, 0.3) is 72.2 Å². The Balaban J connectivity index is 1.08. The number of thioether (sulfide) groups is 1. The molecule has 0 saturated heterocycles. The first-order valence-electron chi connectivity index (χ1n) is 21.2. The summed E-state index contributed by atoms with van der Waals surface area (Å²) in [6.45, 7) is 0. The lowest BCUT2D eigenvalue weighted by Crippen LogP contribution is -2.33. The van der Waals surface area contributed by atoms with Crippen LogP contribution in [0.2, 0.25) is 0 Å². The van der Waals surface area contributed by atoms with Gasteiger partial charge in [-0.2, -0.15) is 5.26 Å². The number of nitrogens with zero attached hydrogens (tertiary/aromatic N) is 3. The van der Waals surface area contributed by atoms with Gasteiger partial charge < -0.3 is 0 Å². The first-order chi connectivity index (χ1) is 30.7. The maximum absolute atomic E-state index is 9.47. The molecule has 62 heavy (non-hydrogen) atoms. The average molecular weight is 808 g/mol. The molecule has 1 aromatic heterocycles. The maximum atomic E-state index is 9.47. The highest BCUT2D eigenvalue weighted by atomic mass is 32.2. The van der Waals surface area contributed by atoms with Crippen LogP contribution in [-0.4, -0.2) is 9.97 Å². The zero-order valence-electron chi connectivity index (χ0n) is 33.7. The fraction of sp³-hybridized carbons (Fsp3) is 0.0517. The SMILES string of the molecule is N#Cc1ccc(-c2ccc(-c3ccc4c(c3)C3(C5=C(CCC(c6nc(-c7ccccc7)cc(-c7ccccc7)n6)=C5)Sc5ccccc53)c3ccccc3-4)c3ccccc23)cc1. The number of rotatable bonds is 5. The average Bonchev–Trinajstić information content (AvgIpc) is 3.64. The van der Waals surface area contributed by atoms with Gasteiger partial charge >= 0.3 is 0 Å². The topological polar surface area (TPSA) is 49.6 Å². The lowest BCUT2D eigenvalue weighted by Gasteiger charge is -2.42. The Bertz CT molecular complexity index is 3320. The van der Waals surface area contributed by atoms with Crippen molar-refractivity contribution in [1.29, 1.82) is 5.26 Å². The normalized spacial score (nSPS) is 16.0. The van der Waals surface area contributed by atoms with E-state index in [9.17, 15) is 5.26 Å². The molecular weight excluding hydrogens is 771 g/mol. The third-order valence-electron chi connectivity index (χ3n) is 12.9. The van der Waals surface area contributed by atoms with Crippen LogP contribution in [0.5, 0.6) is 0 Å². The number of nitriles is 1. The molecule has 2 heterocycles. The lowest BCUT2D eigenvalue weighted by molar-refractivity contribution is 0.725. The predicted octanol–water partition coefficient (Wildman–Crippen LogP) is 14.7. The molecule has 0 fully saturated rings. The molecule has 8 aromatic carbocycles. The van der Waals surface area contributed by atoms with E-state index in [4.69, 9.17) is 9.97 Å². The third kappa shape index (κ3) is 5.66. The van der Waals surface area contributed by atoms with Gasteiger partial charge in [0, 0.05) is 16.0 Å². The van der Waals surface area contributed by atoms with Gasteiger partial charge in [0.25, 0.3) is 0 Å². The molecule has 1 atom stereocenters. The van der Waals surface area contributed by atoms with Gasteiger partial charge in [-0.25, -0.2) is 9.97 Å². The van der Waals surface area contributed by atoms with Crippen LogP contribution in [-0.2, 0) is 5.41 Å². The van der Waals surface area contributed by atoms with Crippen LogP contribution in [0.4, 0.5) is 0 Å². The molecule has 3 aliphatic rings. The van der Waals surface area contributed by atoms with Crippen molar-refractivity contribution >= 4 is 28.1 Å². The van der Waals surface area contributed by atoms with Crippen molar-refractivity contribution in [3.05, 3.63) is 239 Å². The Morgan fingerprint density at radius 1 is 0.468 bits per heavy atom. The molecule has 0 N–H and O–H groups in total. The standard InChI is InChI=1S/C58H37N3S/c59-36-37-23-25-38(26-24-37)43-30-31-44(46-18-8-7-17-45(43)46)41-27-29-48-47-19-9-10-20-49(47)58(51(48)33-41)50-21-11-12-22-55(50)62-56-32-28-42(34-52(56)58)57-60-53(39-13-3-1-4-14-39)35-54(61-57)40-15-5-2-6-16-40/h1-27,29-31,33-35H,28,32H2. The minimum Gasteiger partial charge on any atom is -0.228 e. The summed E-state index contributed by atoms with van der Waals surface area (Å²) in [5, 5.41) is 11.9. The van der Waals surface area contributed by atoms with Gasteiger partial charge in [-0.3, -0.25) is 0 Å². The molecule has 9 aromatic rings. The molecule has 1 spiro atoms. The lowest BCUT2D eigenvalue weighted by atomic mass is 9.65. The highest BCUT2D eigenvalue weighted by Crippen LogP contribution is 2.64. The van der Waals surface area contributed by atoms with Gasteiger partial charge in [0.2, 0.25) is 0 Å².